The van der Waals surface area contributed by atoms with Crippen molar-refractivity contribution in [2.75, 3.05) is 16.8 Å². The summed E-state index contributed by atoms with van der Waals surface area (Å²) in [5, 5.41) is 3.02. The summed E-state index contributed by atoms with van der Waals surface area (Å²) in [4.78, 5) is 26.5. The molecule has 0 radical (unpaired) electrons. The number of para-hydroxylation sites is 1. The minimum Gasteiger partial charge on any atom is -0.322 e. The van der Waals surface area contributed by atoms with Gasteiger partial charge in [-0.15, -0.1) is 0 Å². The average Bonchev–Trinajstić information content (AvgIpc) is 2.62. The Balaban J connectivity index is 1.76. The smallest absolute Gasteiger partial charge is 0.255 e. The number of nitrogens with zero attached hydrogens (tertiary/aromatic N) is 1. The Hall–Kier alpha value is -2.62. The minimum atomic E-state index is -0.141. The van der Waals surface area contributed by atoms with E-state index < -0.39 is 0 Å². The van der Waals surface area contributed by atoms with Crippen LogP contribution >= 0.6 is 0 Å². The van der Waals surface area contributed by atoms with Gasteiger partial charge in [0.1, 0.15) is 0 Å². The summed E-state index contributed by atoms with van der Waals surface area (Å²) in [6.07, 6.45) is 2.59. The molecular weight excluding hydrogens is 324 g/mol. The molecule has 136 valence electrons. The topological polar surface area (TPSA) is 49.4 Å². The summed E-state index contributed by atoms with van der Waals surface area (Å²) in [5.41, 5.74) is 3.33. The fourth-order valence-corrected chi connectivity index (χ4v) is 3.31. The monoisotopic (exact) mass is 350 g/mol. The molecule has 3 rings (SSSR count). The van der Waals surface area contributed by atoms with Crippen LogP contribution in [0.5, 0.6) is 0 Å². The van der Waals surface area contributed by atoms with E-state index in [0.29, 0.717) is 12.0 Å². The number of anilines is 2. The Morgan fingerprint density at radius 3 is 2.35 bits per heavy atom. The van der Waals surface area contributed by atoms with E-state index in [1.54, 1.807) is 17.0 Å². The van der Waals surface area contributed by atoms with Crippen LogP contribution in [0.4, 0.5) is 11.4 Å². The van der Waals surface area contributed by atoms with Gasteiger partial charge in [-0.2, -0.15) is 0 Å². The second-order valence-electron chi connectivity index (χ2n) is 7.80. The molecular formula is C22H26N2O2. The van der Waals surface area contributed by atoms with E-state index in [-0.39, 0.29) is 17.2 Å². The summed E-state index contributed by atoms with van der Waals surface area (Å²) in [7, 11) is 0. The van der Waals surface area contributed by atoms with Crippen molar-refractivity contribution in [3.05, 3.63) is 59.7 Å². The van der Waals surface area contributed by atoms with Gasteiger partial charge in [-0.3, -0.25) is 9.59 Å². The average molecular weight is 350 g/mol. The van der Waals surface area contributed by atoms with Crippen LogP contribution in [-0.4, -0.2) is 18.4 Å². The molecule has 2 amide bonds. The molecule has 0 aromatic heterocycles. The van der Waals surface area contributed by atoms with Crippen molar-refractivity contribution in [3.63, 3.8) is 0 Å². The Morgan fingerprint density at radius 2 is 1.69 bits per heavy atom. The molecule has 0 aliphatic carbocycles. The number of rotatable bonds is 3. The van der Waals surface area contributed by atoms with Crippen LogP contribution in [0.15, 0.2) is 48.5 Å². The Kier molecular flexibility index (Phi) is 5.12. The van der Waals surface area contributed by atoms with Crippen LogP contribution in [0.2, 0.25) is 0 Å². The first kappa shape index (κ1) is 18.2. The van der Waals surface area contributed by atoms with Crippen molar-refractivity contribution in [1.29, 1.82) is 0 Å². The van der Waals surface area contributed by atoms with Gasteiger partial charge in [0.2, 0.25) is 5.91 Å². The lowest BCUT2D eigenvalue weighted by molar-refractivity contribution is -0.119. The number of hydrogen-bond donors (Lipinski definition) is 1. The molecule has 1 saturated heterocycles. The molecule has 4 nitrogen and oxygen atoms in total. The first-order chi connectivity index (χ1) is 12.4. The molecule has 4 heteroatoms. The van der Waals surface area contributed by atoms with Crippen molar-refractivity contribution in [2.45, 2.75) is 45.4 Å². The van der Waals surface area contributed by atoms with E-state index in [1.807, 2.05) is 36.4 Å². The van der Waals surface area contributed by atoms with Gasteiger partial charge in [-0.1, -0.05) is 39.0 Å². The molecule has 1 aliphatic rings. The largest absolute Gasteiger partial charge is 0.322 e. The van der Waals surface area contributed by atoms with Crippen molar-refractivity contribution < 1.29 is 9.59 Å². The van der Waals surface area contributed by atoms with E-state index in [9.17, 15) is 9.59 Å². The summed E-state index contributed by atoms with van der Waals surface area (Å²) < 4.78 is 0. The highest BCUT2D eigenvalue weighted by Gasteiger charge is 2.21. The number of benzene rings is 2. The van der Waals surface area contributed by atoms with Gasteiger partial charge >= 0.3 is 0 Å². The number of carbonyl (C=O) groups is 2. The van der Waals surface area contributed by atoms with Gasteiger partial charge in [-0.05, 0) is 54.2 Å². The molecule has 2 aromatic rings. The van der Waals surface area contributed by atoms with Crippen LogP contribution in [0, 0.1) is 0 Å². The van der Waals surface area contributed by atoms with Gasteiger partial charge in [0.15, 0.2) is 0 Å². The standard InChI is InChI=1S/C22H26N2O2/c1-22(2,3)18-8-4-5-9-19(18)23-21(26)16-11-13-17(14-12-16)24-15-7-6-10-20(24)25/h4-5,8-9,11-14H,6-7,10,15H2,1-3H3,(H,23,26). The lowest BCUT2D eigenvalue weighted by atomic mass is 9.86. The van der Waals surface area contributed by atoms with E-state index in [0.717, 1.165) is 36.3 Å². The summed E-state index contributed by atoms with van der Waals surface area (Å²) in [6.45, 7) is 7.14. The first-order valence-electron chi connectivity index (χ1n) is 9.17. The second kappa shape index (κ2) is 7.32. The molecule has 1 N–H and O–H groups in total. The van der Waals surface area contributed by atoms with Crippen LogP contribution < -0.4 is 10.2 Å². The van der Waals surface area contributed by atoms with Gasteiger partial charge in [-0.25, -0.2) is 0 Å². The highest BCUT2D eigenvalue weighted by atomic mass is 16.2. The van der Waals surface area contributed by atoms with Crippen LogP contribution in [0.1, 0.15) is 56.0 Å². The number of carbonyl (C=O) groups excluding carboxylic acids is 2. The van der Waals surface area contributed by atoms with Gasteiger partial charge < -0.3 is 10.2 Å². The Bertz CT molecular complexity index is 804. The second-order valence-corrected chi connectivity index (χ2v) is 7.80. The molecule has 0 atom stereocenters. The summed E-state index contributed by atoms with van der Waals surface area (Å²) in [5.74, 6) is 0.0192. The zero-order chi connectivity index (χ0) is 18.7. The lowest BCUT2D eigenvalue weighted by Crippen LogP contribution is -2.35. The Labute approximate surface area is 155 Å². The predicted octanol–water partition coefficient (Wildman–Crippen LogP) is 4.75. The number of hydrogen-bond acceptors (Lipinski definition) is 2. The SMILES string of the molecule is CC(C)(C)c1ccccc1NC(=O)c1ccc(N2CCCCC2=O)cc1. The van der Waals surface area contributed by atoms with Gasteiger partial charge in [0.05, 0.1) is 0 Å². The van der Waals surface area contributed by atoms with Crippen molar-refractivity contribution in [1.82, 2.24) is 0 Å². The quantitative estimate of drug-likeness (QED) is 0.868. The third-order valence-corrected chi connectivity index (χ3v) is 4.75. The molecule has 26 heavy (non-hydrogen) atoms. The van der Waals surface area contributed by atoms with Crippen LogP contribution in [0.3, 0.4) is 0 Å². The zero-order valence-electron chi connectivity index (χ0n) is 15.7. The first-order valence-corrected chi connectivity index (χ1v) is 9.17. The fourth-order valence-electron chi connectivity index (χ4n) is 3.31. The highest BCUT2D eigenvalue weighted by Crippen LogP contribution is 2.29. The summed E-state index contributed by atoms with van der Waals surface area (Å²) in [6, 6.07) is 15.2. The molecule has 1 fully saturated rings. The maximum absolute atomic E-state index is 12.7. The highest BCUT2D eigenvalue weighted by molar-refractivity contribution is 6.05. The van der Waals surface area contributed by atoms with E-state index in [4.69, 9.17) is 0 Å². The van der Waals surface area contributed by atoms with Gasteiger partial charge in [0, 0.05) is 29.9 Å². The number of nitrogens with one attached hydrogen (secondary N) is 1. The lowest BCUT2D eigenvalue weighted by Gasteiger charge is -2.27. The number of piperidine rings is 1. The molecule has 0 unspecified atom stereocenters. The van der Waals surface area contributed by atoms with E-state index in [1.165, 1.54) is 0 Å². The van der Waals surface area contributed by atoms with Crippen molar-refractivity contribution in [2.24, 2.45) is 0 Å². The van der Waals surface area contributed by atoms with Crippen LogP contribution in [-0.2, 0) is 10.2 Å². The third-order valence-electron chi connectivity index (χ3n) is 4.75. The van der Waals surface area contributed by atoms with E-state index in [2.05, 4.69) is 26.1 Å². The minimum absolute atomic E-state index is 0.0532. The molecule has 0 saturated carbocycles. The zero-order valence-corrected chi connectivity index (χ0v) is 15.7. The fraction of sp³-hybridized carbons (Fsp3) is 0.364. The van der Waals surface area contributed by atoms with Crippen molar-refractivity contribution >= 4 is 23.2 Å². The predicted molar refractivity (Wildman–Crippen MR) is 106 cm³/mol. The third kappa shape index (κ3) is 3.96. The normalized spacial score (nSPS) is 15.0. The van der Waals surface area contributed by atoms with Crippen molar-refractivity contribution in [3.8, 4) is 0 Å². The molecule has 2 aromatic carbocycles. The molecule has 0 bridgehead atoms. The molecule has 0 spiro atoms. The molecule has 1 aliphatic heterocycles. The van der Waals surface area contributed by atoms with Gasteiger partial charge in [0.25, 0.3) is 5.91 Å². The Morgan fingerprint density at radius 1 is 1.00 bits per heavy atom. The van der Waals surface area contributed by atoms with E-state index >= 15 is 0 Å². The summed E-state index contributed by atoms with van der Waals surface area (Å²) >= 11 is 0. The maximum atomic E-state index is 12.7. The van der Waals surface area contributed by atoms with Crippen LogP contribution in [0.25, 0.3) is 0 Å². The maximum Gasteiger partial charge on any atom is 0.255 e. The molecule has 1 heterocycles. The number of amides is 2.